The second-order valence-corrected chi connectivity index (χ2v) is 11.1. The highest BCUT2D eigenvalue weighted by Gasteiger charge is 2.46. The molecule has 0 saturated heterocycles. The number of aliphatic hydroxyl groups is 1. The molecular formula is C29H58O6. The zero-order valence-electron chi connectivity index (χ0n) is 20.3. The van der Waals surface area contributed by atoms with Gasteiger partial charge in [-0.2, -0.15) is 0 Å². The van der Waals surface area contributed by atoms with Crippen molar-refractivity contribution >= 4 is 17.7 Å². The maximum atomic E-state index is 13.3. The van der Waals surface area contributed by atoms with Gasteiger partial charge in [-0.3, -0.25) is 14.4 Å². The van der Waals surface area contributed by atoms with Crippen LogP contribution in [-0.2, 0) is 23.9 Å². The van der Waals surface area contributed by atoms with Gasteiger partial charge in [-0.25, -0.2) is 0 Å². The highest BCUT2D eigenvalue weighted by Crippen LogP contribution is 2.42. The Kier molecular flexibility index (Phi) is 16.3. The summed E-state index contributed by atoms with van der Waals surface area (Å²) in [5, 5.41) is 9.78. The zero-order chi connectivity index (χ0) is 23.4. The van der Waals surface area contributed by atoms with E-state index in [1.54, 1.807) is 0 Å². The van der Waals surface area contributed by atoms with E-state index in [0.717, 1.165) is 25.7 Å². The number of esters is 2. The third-order valence-corrected chi connectivity index (χ3v) is 7.46. The first-order valence-corrected chi connectivity index (χ1v) is 11.9. The molecule has 0 aromatic heterocycles. The summed E-state index contributed by atoms with van der Waals surface area (Å²) in [6.07, 6.45) is 5.66. The molecule has 0 heterocycles. The Hall–Kier alpha value is -1.43. The zero-order valence-corrected chi connectivity index (χ0v) is 20.3. The van der Waals surface area contributed by atoms with Crippen LogP contribution in [0.3, 0.4) is 0 Å². The van der Waals surface area contributed by atoms with E-state index in [2.05, 4.69) is 0 Å². The van der Waals surface area contributed by atoms with E-state index in [1.807, 2.05) is 41.5 Å². The number of ketones is 1. The number of Topliss-reactive ketones (excluding diaryl/α,β-unsaturated/α-hetero) is 1. The van der Waals surface area contributed by atoms with E-state index < -0.39 is 16.4 Å². The lowest BCUT2D eigenvalue weighted by Crippen LogP contribution is -2.45. The van der Waals surface area contributed by atoms with Gasteiger partial charge < -0.3 is 14.6 Å². The molecule has 210 valence electrons. The summed E-state index contributed by atoms with van der Waals surface area (Å²) in [7, 11) is 0. The third-order valence-electron chi connectivity index (χ3n) is 7.46. The van der Waals surface area contributed by atoms with E-state index in [-0.39, 0.29) is 65.6 Å². The predicted molar refractivity (Wildman–Crippen MR) is 145 cm³/mol. The first kappa shape index (κ1) is 38.1. The van der Waals surface area contributed by atoms with Crippen LogP contribution >= 0.6 is 0 Å². The van der Waals surface area contributed by atoms with E-state index in [0.29, 0.717) is 38.5 Å². The van der Waals surface area contributed by atoms with E-state index in [9.17, 15) is 19.5 Å². The summed E-state index contributed by atoms with van der Waals surface area (Å²) in [5.41, 5.74) is -2.27. The maximum absolute atomic E-state index is 13.3. The molecule has 2 aliphatic rings. The van der Waals surface area contributed by atoms with Gasteiger partial charge in [0.1, 0.15) is 17.5 Å². The summed E-state index contributed by atoms with van der Waals surface area (Å²) in [6.45, 7) is 11.3. The molecule has 1 N–H and O–H groups in total. The van der Waals surface area contributed by atoms with Gasteiger partial charge >= 0.3 is 11.9 Å². The van der Waals surface area contributed by atoms with Crippen LogP contribution in [0.5, 0.6) is 0 Å². The number of rotatable bonds is 8. The van der Waals surface area contributed by atoms with Gasteiger partial charge in [0, 0.05) is 12.8 Å². The van der Waals surface area contributed by atoms with Gasteiger partial charge in [-0.05, 0) is 91.9 Å². The summed E-state index contributed by atoms with van der Waals surface area (Å²) in [4.78, 5) is 37.6. The Balaban J connectivity index is -0.00000256. The predicted octanol–water partition coefficient (Wildman–Crippen LogP) is 7.29. The fourth-order valence-corrected chi connectivity index (χ4v) is 4.95. The van der Waals surface area contributed by atoms with Gasteiger partial charge in [-0.15, -0.1) is 0 Å². The lowest BCUT2D eigenvalue weighted by atomic mass is 9.72. The van der Waals surface area contributed by atoms with Crippen molar-refractivity contribution in [1.82, 2.24) is 0 Å². The third kappa shape index (κ3) is 10.2. The molecule has 1 atom stereocenters. The molecule has 0 aromatic carbocycles. The number of aliphatic hydroxyl groups excluding tert-OH is 1. The van der Waals surface area contributed by atoms with Gasteiger partial charge in [0.05, 0.1) is 16.9 Å². The number of hydrogen-bond acceptors (Lipinski definition) is 6. The standard InChI is InChI=1S/C25H42O6.4CH4/c1-7-25(6,22(29)31-24(4,5)17-8-10-18(26)11-9-17)16-23(2,3)21(28)30-20-14-12-19(27)13-15-20;;;;/h17-18,20,26H,7-16H2,1-6H3;4*1H4. The van der Waals surface area contributed by atoms with Crippen molar-refractivity contribution < 1.29 is 29.0 Å². The second-order valence-electron chi connectivity index (χ2n) is 11.1. The first-order valence-electron chi connectivity index (χ1n) is 11.9. The molecule has 0 aliphatic heterocycles. The molecule has 0 spiro atoms. The minimum atomic E-state index is -0.843. The molecule has 0 bridgehead atoms. The fraction of sp³-hybridized carbons (Fsp3) is 0.897. The highest BCUT2D eigenvalue weighted by molar-refractivity contribution is 5.81. The topological polar surface area (TPSA) is 89.9 Å². The molecule has 6 heteroatoms. The molecule has 2 fully saturated rings. The SMILES string of the molecule is C.C.C.C.CCC(C)(CC(C)(C)C(=O)OC1CCC(=O)CC1)C(=O)OC(C)(C)C1CCC(O)CC1. The Morgan fingerprint density at radius 1 is 0.857 bits per heavy atom. The van der Waals surface area contributed by atoms with E-state index in [4.69, 9.17) is 9.47 Å². The van der Waals surface area contributed by atoms with Crippen LogP contribution in [0, 0.1) is 16.7 Å². The minimum Gasteiger partial charge on any atom is -0.462 e. The molecule has 0 amide bonds. The van der Waals surface area contributed by atoms with Crippen molar-refractivity contribution in [3.05, 3.63) is 0 Å². The van der Waals surface area contributed by atoms with Crippen molar-refractivity contribution in [2.75, 3.05) is 0 Å². The second kappa shape index (κ2) is 15.0. The van der Waals surface area contributed by atoms with Crippen LogP contribution in [0.2, 0.25) is 0 Å². The number of hydrogen-bond donors (Lipinski definition) is 1. The lowest BCUT2D eigenvalue weighted by Gasteiger charge is -2.41. The molecule has 2 rings (SSSR count). The lowest BCUT2D eigenvalue weighted by molar-refractivity contribution is -0.180. The average Bonchev–Trinajstić information content (AvgIpc) is 2.69. The first-order chi connectivity index (χ1) is 14.3. The Morgan fingerprint density at radius 2 is 1.34 bits per heavy atom. The van der Waals surface area contributed by atoms with Crippen molar-refractivity contribution in [3.63, 3.8) is 0 Å². The molecule has 0 radical (unpaired) electrons. The number of carbonyl (C=O) groups is 3. The van der Waals surface area contributed by atoms with Crippen LogP contribution in [0.15, 0.2) is 0 Å². The largest absolute Gasteiger partial charge is 0.462 e. The molecule has 2 saturated carbocycles. The molecular weight excluding hydrogens is 444 g/mol. The highest BCUT2D eigenvalue weighted by atomic mass is 16.6. The Morgan fingerprint density at radius 3 is 1.80 bits per heavy atom. The summed E-state index contributed by atoms with van der Waals surface area (Å²) < 4.78 is 11.8. The van der Waals surface area contributed by atoms with Crippen LogP contribution < -0.4 is 0 Å². The van der Waals surface area contributed by atoms with Crippen molar-refractivity contribution in [2.24, 2.45) is 16.7 Å². The minimum absolute atomic E-state index is 0. The van der Waals surface area contributed by atoms with Crippen molar-refractivity contribution in [3.8, 4) is 0 Å². The van der Waals surface area contributed by atoms with Crippen LogP contribution in [0.1, 0.15) is 135 Å². The van der Waals surface area contributed by atoms with E-state index >= 15 is 0 Å². The summed E-state index contributed by atoms with van der Waals surface area (Å²) >= 11 is 0. The van der Waals surface area contributed by atoms with E-state index in [1.165, 1.54) is 0 Å². The smallest absolute Gasteiger partial charge is 0.312 e. The van der Waals surface area contributed by atoms with Gasteiger partial charge in [0.25, 0.3) is 0 Å². The van der Waals surface area contributed by atoms with Crippen LogP contribution in [-0.4, -0.2) is 40.6 Å². The van der Waals surface area contributed by atoms with Gasteiger partial charge in [0.15, 0.2) is 0 Å². The monoisotopic (exact) mass is 502 g/mol. The normalized spacial score (nSPS) is 22.7. The molecule has 2 aliphatic carbocycles. The fourth-order valence-electron chi connectivity index (χ4n) is 4.95. The molecule has 1 unspecified atom stereocenters. The number of ether oxygens (including phenoxy) is 2. The Labute approximate surface area is 216 Å². The Bertz CT molecular complexity index is 650. The van der Waals surface area contributed by atoms with Crippen LogP contribution in [0.4, 0.5) is 0 Å². The maximum Gasteiger partial charge on any atom is 0.312 e. The van der Waals surface area contributed by atoms with Gasteiger partial charge in [-0.1, -0.05) is 36.6 Å². The van der Waals surface area contributed by atoms with Crippen molar-refractivity contribution in [2.45, 2.75) is 153 Å². The molecule has 35 heavy (non-hydrogen) atoms. The van der Waals surface area contributed by atoms with Crippen LogP contribution in [0.25, 0.3) is 0 Å². The molecule has 6 nitrogen and oxygen atoms in total. The average molecular weight is 503 g/mol. The number of carbonyl (C=O) groups excluding carboxylic acids is 3. The summed E-state index contributed by atoms with van der Waals surface area (Å²) in [6, 6.07) is 0. The van der Waals surface area contributed by atoms with Crippen molar-refractivity contribution in [1.29, 1.82) is 0 Å². The summed E-state index contributed by atoms with van der Waals surface area (Å²) in [5.74, 6) is -0.161. The quantitative estimate of drug-likeness (QED) is 0.350. The van der Waals surface area contributed by atoms with Gasteiger partial charge in [0.2, 0.25) is 0 Å². The molecule has 0 aromatic rings.